The molecule has 0 saturated carbocycles. The van der Waals surface area contributed by atoms with Crippen molar-refractivity contribution in [3.05, 3.63) is 11.9 Å². The molecule has 1 aromatic rings. The minimum absolute atomic E-state index is 0.102. The van der Waals surface area contributed by atoms with Crippen LogP contribution >= 0.6 is 0 Å². The van der Waals surface area contributed by atoms with E-state index in [1.54, 1.807) is 0 Å². The predicted molar refractivity (Wildman–Crippen MR) is 43.8 cm³/mol. The first-order chi connectivity index (χ1) is 6.24. The number of rotatable bonds is 5. The van der Waals surface area contributed by atoms with Crippen LogP contribution in [0.1, 0.15) is 12.6 Å². The molecule has 0 spiro atoms. The lowest BCUT2D eigenvalue weighted by Crippen LogP contribution is -2.36. The lowest BCUT2D eigenvalue weighted by Gasteiger charge is -2.09. The molecule has 0 aromatic carbocycles. The van der Waals surface area contributed by atoms with Gasteiger partial charge in [0, 0.05) is 6.42 Å². The molecule has 0 bridgehead atoms. The standard InChI is InChI=1S/C7H10N4O2/c1-5(13)7(8-4-12)2-6-3-9-11-10-6/h3-4,7H,2H2,1H3,(H,8,12)(H,9,10,11)/t7-/m0/s1. The molecule has 1 amide bonds. The Morgan fingerprint density at radius 1 is 1.85 bits per heavy atom. The number of Topliss-reactive ketones (excluding diaryl/α,β-unsaturated/α-hetero) is 1. The summed E-state index contributed by atoms with van der Waals surface area (Å²) in [5.41, 5.74) is 0.648. The van der Waals surface area contributed by atoms with E-state index in [1.165, 1.54) is 13.1 Å². The number of amides is 1. The van der Waals surface area contributed by atoms with Crippen molar-refractivity contribution in [2.45, 2.75) is 19.4 Å². The van der Waals surface area contributed by atoms with Gasteiger partial charge in [-0.15, -0.1) is 0 Å². The van der Waals surface area contributed by atoms with Crippen LogP contribution in [0.25, 0.3) is 0 Å². The zero-order valence-electron chi connectivity index (χ0n) is 7.15. The van der Waals surface area contributed by atoms with Crippen molar-refractivity contribution >= 4 is 12.2 Å². The van der Waals surface area contributed by atoms with Gasteiger partial charge in [-0.05, 0) is 6.92 Å². The molecule has 0 aliphatic rings. The lowest BCUT2D eigenvalue weighted by atomic mass is 10.1. The monoisotopic (exact) mass is 182 g/mol. The normalized spacial score (nSPS) is 12.1. The third kappa shape index (κ3) is 2.66. The van der Waals surface area contributed by atoms with Crippen LogP contribution < -0.4 is 5.32 Å². The average Bonchev–Trinajstić information content (AvgIpc) is 2.56. The molecule has 1 rings (SSSR count). The predicted octanol–water partition coefficient (Wildman–Crippen LogP) is -0.949. The Kier molecular flexibility index (Phi) is 3.13. The molecule has 2 N–H and O–H groups in total. The fourth-order valence-electron chi connectivity index (χ4n) is 0.935. The molecule has 6 heteroatoms. The van der Waals surface area contributed by atoms with Gasteiger partial charge in [0.1, 0.15) is 0 Å². The Labute approximate surface area is 74.7 Å². The molecule has 1 aromatic heterocycles. The van der Waals surface area contributed by atoms with Crippen LogP contribution in [0.4, 0.5) is 0 Å². The minimum Gasteiger partial charge on any atom is -0.348 e. The smallest absolute Gasteiger partial charge is 0.207 e. The van der Waals surface area contributed by atoms with Gasteiger partial charge in [-0.25, -0.2) is 0 Å². The van der Waals surface area contributed by atoms with Crippen molar-refractivity contribution in [1.29, 1.82) is 0 Å². The number of aromatic amines is 1. The summed E-state index contributed by atoms with van der Waals surface area (Å²) in [4.78, 5) is 21.1. The van der Waals surface area contributed by atoms with Gasteiger partial charge in [-0.1, -0.05) is 0 Å². The summed E-state index contributed by atoms with van der Waals surface area (Å²) in [6.07, 6.45) is 2.39. The highest BCUT2D eigenvalue weighted by atomic mass is 16.1. The molecule has 0 fully saturated rings. The van der Waals surface area contributed by atoms with E-state index in [-0.39, 0.29) is 5.78 Å². The van der Waals surface area contributed by atoms with E-state index in [9.17, 15) is 9.59 Å². The zero-order chi connectivity index (χ0) is 9.68. The van der Waals surface area contributed by atoms with Gasteiger partial charge in [-0.3, -0.25) is 9.59 Å². The SMILES string of the molecule is CC(=O)[C@H](Cc1cn[nH]n1)NC=O. The van der Waals surface area contributed by atoms with E-state index in [1.807, 2.05) is 0 Å². The highest BCUT2D eigenvalue weighted by molar-refractivity contribution is 5.83. The maximum atomic E-state index is 11.0. The Balaban J connectivity index is 2.57. The van der Waals surface area contributed by atoms with Crippen LogP contribution in [0.5, 0.6) is 0 Å². The van der Waals surface area contributed by atoms with Gasteiger partial charge in [0.05, 0.1) is 17.9 Å². The van der Waals surface area contributed by atoms with Crippen molar-refractivity contribution in [1.82, 2.24) is 20.7 Å². The first-order valence-electron chi connectivity index (χ1n) is 3.79. The summed E-state index contributed by atoms with van der Waals surface area (Å²) >= 11 is 0. The van der Waals surface area contributed by atoms with Crippen molar-refractivity contribution in [2.24, 2.45) is 0 Å². The Bertz CT molecular complexity index is 283. The van der Waals surface area contributed by atoms with E-state index in [2.05, 4.69) is 20.7 Å². The molecule has 1 atom stereocenters. The Morgan fingerprint density at radius 3 is 3.08 bits per heavy atom. The fraction of sp³-hybridized carbons (Fsp3) is 0.429. The minimum atomic E-state index is -0.511. The van der Waals surface area contributed by atoms with E-state index in [0.29, 0.717) is 18.5 Å². The Hall–Kier alpha value is -1.72. The first kappa shape index (κ1) is 9.37. The van der Waals surface area contributed by atoms with E-state index in [4.69, 9.17) is 0 Å². The molecule has 70 valence electrons. The Morgan fingerprint density at radius 2 is 2.62 bits per heavy atom. The number of hydrogen-bond donors (Lipinski definition) is 2. The van der Waals surface area contributed by atoms with Gasteiger partial charge < -0.3 is 5.32 Å². The molecule has 13 heavy (non-hydrogen) atoms. The molecule has 0 radical (unpaired) electrons. The van der Waals surface area contributed by atoms with Crippen molar-refractivity contribution in [2.75, 3.05) is 0 Å². The van der Waals surface area contributed by atoms with Gasteiger partial charge in [0.25, 0.3) is 0 Å². The van der Waals surface area contributed by atoms with Crippen LogP contribution in [0, 0.1) is 0 Å². The molecular formula is C7H10N4O2. The largest absolute Gasteiger partial charge is 0.348 e. The highest BCUT2D eigenvalue weighted by Crippen LogP contribution is 1.97. The summed E-state index contributed by atoms with van der Waals surface area (Å²) in [5, 5.41) is 12.2. The van der Waals surface area contributed by atoms with E-state index >= 15 is 0 Å². The number of nitrogens with one attached hydrogen (secondary N) is 2. The average molecular weight is 182 g/mol. The molecule has 0 aliphatic heterocycles. The topological polar surface area (TPSA) is 87.7 Å². The third-order valence-electron chi connectivity index (χ3n) is 1.64. The molecule has 1 heterocycles. The fourth-order valence-corrected chi connectivity index (χ4v) is 0.935. The molecular weight excluding hydrogens is 172 g/mol. The van der Waals surface area contributed by atoms with Crippen LogP contribution in [0.3, 0.4) is 0 Å². The molecule has 0 saturated heterocycles. The maximum Gasteiger partial charge on any atom is 0.207 e. The number of aromatic nitrogens is 3. The number of carbonyl (C=O) groups excluding carboxylic acids is 2. The van der Waals surface area contributed by atoms with Gasteiger partial charge >= 0.3 is 0 Å². The summed E-state index contributed by atoms with van der Waals surface area (Å²) in [5.74, 6) is -0.102. The zero-order valence-corrected chi connectivity index (χ0v) is 7.15. The summed E-state index contributed by atoms with van der Waals surface area (Å²) < 4.78 is 0. The summed E-state index contributed by atoms with van der Waals surface area (Å²) in [6, 6.07) is -0.511. The van der Waals surface area contributed by atoms with Gasteiger partial charge in [0.2, 0.25) is 6.41 Å². The molecule has 0 unspecified atom stereocenters. The molecule has 0 aliphatic carbocycles. The second-order valence-corrected chi connectivity index (χ2v) is 2.61. The van der Waals surface area contributed by atoms with Crippen molar-refractivity contribution < 1.29 is 9.59 Å². The second-order valence-electron chi connectivity index (χ2n) is 2.61. The summed E-state index contributed by atoms with van der Waals surface area (Å²) in [6.45, 7) is 1.42. The third-order valence-corrected chi connectivity index (χ3v) is 1.64. The van der Waals surface area contributed by atoms with Crippen molar-refractivity contribution in [3.8, 4) is 0 Å². The number of hydrogen-bond acceptors (Lipinski definition) is 4. The van der Waals surface area contributed by atoms with Crippen LogP contribution in [0.2, 0.25) is 0 Å². The first-order valence-corrected chi connectivity index (χ1v) is 3.79. The van der Waals surface area contributed by atoms with Gasteiger partial charge in [0.15, 0.2) is 5.78 Å². The molecule has 6 nitrogen and oxygen atoms in total. The number of carbonyl (C=O) groups is 2. The summed E-state index contributed by atoms with van der Waals surface area (Å²) in [7, 11) is 0. The maximum absolute atomic E-state index is 11.0. The lowest BCUT2D eigenvalue weighted by molar-refractivity contribution is -0.121. The van der Waals surface area contributed by atoms with E-state index in [0.717, 1.165) is 0 Å². The number of H-pyrrole nitrogens is 1. The van der Waals surface area contributed by atoms with Crippen LogP contribution in [-0.2, 0) is 16.0 Å². The van der Waals surface area contributed by atoms with E-state index < -0.39 is 6.04 Å². The number of nitrogens with zero attached hydrogens (tertiary/aromatic N) is 2. The van der Waals surface area contributed by atoms with Crippen LogP contribution in [0.15, 0.2) is 6.20 Å². The second kappa shape index (κ2) is 4.34. The quantitative estimate of drug-likeness (QED) is 0.575. The highest BCUT2D eigenvalue weighted by Gasteiger charge is 2.14. The van der Waals surface area contributed by atoms with Gasteiger partial charge in [-0.2, -0.15) is 15.4 Å². The van der Waals surface area contributed by atoms with Crippen molar-refractivity contribution in [3.63, 3.8) is 0 Å². The van der Waals surface area contributed by atoms with Crippen LogP contribution in [-0.4, -0.2) is 33.6 Å². The number of ketones is 1.